The number of nitrogens with zero attached hydrogens (tertiary/aromatic N) is 1. The van der Waals surface area contributed by atoms with Crippen molar-refractivity contribution in [1.82, 2.24) is 0 Å². The van der Waals surface area contributed by atoms with Crippen LogP contribution in [0.4, 0.5) is 0 Å². The summed E-state index contributed by atoms with van der Waals surface area (Å²) < 4.78 is 0. The molecule has 2 N–H and O–H groups in total. The van der Waals surface area contributed by atoms with Crippen LogP contribution in [0.25, 0.3) is 0 Å². The molecule has 2 heteroatoms. The Hall–Kier alpha value is -1.31. The molecule has 0 bridgehead atoms. The van der Waals surface area contributed by atoms with Crippen molar-refractivity contribution in [2.75, 3.05) is 7.05 Å². The molecule has 0 aromatic heterocycles. The van der Waals surface area contributed by atoms with Gasteiger partial charge in [-0.25, -0.2) is 0 Å². The summed E-state index contributed by atoms with van der Waals surface area (Å²) in [6, 6.07) is 6.15. The van der Waals surface area contributed by atoms with Gasteiger partial charge in [-0.2, -0.15) is 0 Å². The predicted molar refractivity (Wildman–Crippen MR) is 63.9 cm³/mol. The van der Waals surface area contributed by atoms with Crippen molar-refractivity contribution in [1.29, 1.82) is 0 Å². The van der Waals surface area contributed by atoms with E-state index in [4.69, 9.17) is 5.73 Å². The maximum absolute atomic E-state index is 5.70. The summed E-state index contributed by atoms with van der Waals surface area (Å²) in [6.07, 6.45) is 0. The van der Waals surface area contributed by atoms with E-state index in [1.54, 1.807) is 7.05 Å². The Morgan fingerprint density at radius 2 is 1.79 bits per heavy atom. The third-order valence-electron chi connectivity index (χ3n) is 1.90. The van der Waals surface area contributed by atoms with Gasteiger partial charge in [-0.05, 0) is 19.4 Å². The van der Waals surface area contributed by atoms with Gasteiger partial charge in [0.25, 0.3) is 0 Å². The van der Waals surface area contributed by atoms with Gasteiger partial charge in [0, 0.05) is 12.6 Å². The SMILES string of the molecule is CC.CN=C(N)c1ccc(C)cc1C. The average molecular weight is 192 g/mol. The molecule has 14 heavy (non-hydrogen) atoms. The Morgan fingerprint density at radius 3 is 2.21 bits per heavy atom. The van der Waals surface area contributed by atoms with Gasteiger partial charge in [-0.15, -0.1) is 0 Å². The van der Waals surface area contributed by atoms with Crippen molar-refractivity contribution >= 4 is 5.84 Å². The first-order valence-corrected chi connectivity index (χ1v) is 4.95. The highest BCUT2D eigenvalue weighted by Gasteiger charge is 2.00. The molecular formula is C12H20N2. The Labute approximate surface area is 86.9 Å². The van der Waals surface area contributed by atoms with E-state index < -0.39 is 0 Å². The lowest BCUT2D eigenvalue weighted by Crippen LogP contribution is -2.14. The quantitative estimate of drug-likeness (QED) is 0.539. The molecule has 0 spiro atoms. The molecule has 0 aliphatic carbocycles. The van der Waals surface area contributed by atoms with Gasteiger partial charge in [0.1, 0.15) is 5.84 Å². The van der Waals surface area contributed by atoms with E-state index >= 15 is 0 Å². The zero-order valence-electron chi connectivity index (χ0n) is 9.76. The molecule has 78 valence electrons. The van der Waals surface area contributed by atoms with E-state index in [-0.39, 0.29) is 0 Å². The highest BCUT2D eigenvalue weighted by molar-refractivity contribution is 5.98. The molecular weight excluding hydrogens is 172 g/mol. The lowest BCUT2D eigenvalue weighted by atomic mass is 10.1. The van der Waals surface area contributed by atoms with Crippen LogP contribution in [0.1, 0.15) is 30.5 Å². The summed E-state index contributed by atoms with van der Waals surface area (Å²) in [5.41, 5.74) is 9.15. The van der Waals surface area contributed by atoms with Crippen LogP contribution in [0.5, 0.6) is 0 Å². The van der Waals surface area contributed by atoms with Crippen molar-refractivity contribution in [2.24, 2.45) is 10.7 Å². The summed E-state index contributed by atoms with van der Waals surface area (Å²) in [6.45, 7) is 8.11. The zero-order valence-corrected chi connectivity index (χ0v) is 9.76. The first kappa shape index (κ1) is 12.7. The molecule has 0 aliphatic rings. The molecule has 0 fully saturated rings. The molecule has 0 saturated carbocycles. The monoisotopic (exact) mass is 192 g/mol. The topological polar surface area (TPSA) is 38.4 Å². The summed E-state index contributed by atoms with van der Waals surface area (Å²) in [5, 5.41) is 0. The summed E-state index contributed by atoms with van der Waals surface area (Å²) in [7, 11) is 1.70. The number of nitrogens with two attached hydrogens (primary N) is 1. The van der Waals surface area contributed by atoms with Gasteiger partial charge < -0.3 is 5.73 Å². The zero-order chi connectivity index (χ0) is 11.1. The van der Waals surface area contributed by atoms with E-state index in [9.17, 15) is 0 Å². The predicted octanol–water partition coefficient (Wildman–Crippen LogP) is 2.66. The minimum Gasteiger partial charge on any atom is -0.384 e. The molecule has 0 amide bonds. The fraction of sp³-hybridized carbons (Fsp3) is 0.417. The molecule has 1 aromatic carbocycles. The molecule has 0 aliphatic heterocycles. The molecule has 1 rings (SSSR count). The summed E-state index contributed by atoms with van der Waals surface area (Å²) in [4.78, 5) is 3.94. The van der Waals surface area contributed by atoms with Crippen LogP contribution in [0.2, 0.25) is 0 Å². The van der Waals surface area contributed by atoms with Gasteiger partial charge in [0.15, 0.2) is 0 Å². The number of rotatable bonds is 1. The van der Waals surface area contributed by atoms with Crippen molar-refractivity contribution < 1.29 is 0 Å². The standard InChI is InChI=1S/C10H14N2.C2H6/c1-7-4-5-9(8(2)6-7)10(11)12-3;1-2/h4-6H,1-3H3,(H2,11,12);1-2H3. The lowest BCUT2D eigenvalue weighted by Gasteiger charge is -2.04. The first-order valence-electron chi connectivity index (χ1n) is 4.95. The number of hydrogen-bond donors (Lipinski definition) is 1. The second-order valence-corrected chi connectivity index (χ2v) is 2.93. The molecule has 0 heterocycles. The lowest BCUT2D eigenvalue weighted by molar-refractivity contribution is 1.32. The Bertz CT molecular complexity index is 314. The van der Waals surface area contributed by atoms with Crippen molar-refractivity contribution in [3.63, 3.8) is 0 Å². The number of hydrogen-bond acceptors (Lipinski definition) is 1. The van der Waals surface area contributed by atoms with Crippen molar-refractivity contribution in [3.8, 4) is 0 Å². The Kier molecular flexibility index (Phi) is 5.61. The van der Waals surface area contributed by atoms with Crippen molar-refractivity contribution in [3.05, 3.63) is 34.9 Å². The van der Waals surface area contributed by atoms with Gasteiger partial charge >= 0.3 is 0 Å². The van der Waals surface area contributed by atoms with Crippen LogP contribution < -0.4 is 5.73 Å². The van der Waals surface area contributed by atoms with Crippen LogP contribution >= 0.6 is 0 Å². The fourth-order valence-corrected chi connectivity index (χ4v) is 1.22. The van der Waals surface area contributed by atoms with E-state index in [1.165, 1.54) is 11.1 Å². The van der Waals surface area contributed by atoms with Crippen LogP contribution in [-0.4, -0.2) is 12.9 Å². The molecule has 0 unspecified atom stereocenters. The highest BCUT2D eigenvalue weighted by atomic mass is 14.8. The number of amidine groups is 1. The summed E-state index contributed by atoms with van der Waals surface area (Å²) in [5.74, 6) is 0.604. The van der Waals surface area contributed by atoms with E-state index in [0.717, 1.165) is 5.56 Å². The van der Waals surface area contributed by atoms with E-state index in [1.807, 2.05) is 32.9 Å². The summed E-state index contributed by atoms with van der Waals surface area (Å²) >= 11 is 0. The number of benzene rings is 1. The Morgan fingerprint density at radius 1 is 1.21 bits per heavy atom. The molecule has 2 nitrogen and oxygen atoms in total. The van der Waals surface area contributed by atoms with Gasteiger partial charge in [-0.1, -0.05) is 37.6 Å². The normalized spacial score (nSPS) is 10.5. The van der Waals surface area contributed by atoms with Crippen LogP contribution in [0, 0.1) is 13.8 Å². The minimum absolute atomic E-state index is 0.604. The first-order chi connectivity index (χ1) is 6.65. The maximum atomic E-state index is 5.70. The van der Waals surface area contributed by atoms with Gasteiger partial charge in [-0.3, -0.25) is 4.99 Å². The maximum Gasteiger partial charge on any atom is 0.125 e. The van der Waals surface area contributed by atoms with Crippen LogP contribution in [0.15, 0.2) is 23.2 Å². The number of aliphatic imine (C=N–C) groups is 1. The number of aryl methyl sites for hydroxylation is 2. The smallest absolute Gasteiger partial charge is 0.125 e. The molecule has 0 radical (unpaired) electrons. The van der Waals surface area contributed by atoms with Crippen LogP contribution in [-0.2, 0) is 0 Å². The molecule has 0 atom stereocenters. The van der Waals surface area contributed by atoms with Crippen molar-refractivity contribution in [2.45, 2.75) is 27.7 Å². The van der Waals surface area contributed by atoms with Crippen LogP contribution in [0.3, 0.4) is 0 Å². The molecule has 1 aromatic rings. The third-order valence-corrected chi connectivity index (χ3v) is 1.90. The van der Waals surface area contributed by atoms with E-state index in [0.29, 0.717) is 5.84 Å². The minimum atomic E-state index is 0.604. The largest absolute Gasteiger partial charge is 0.384 e. The Balaban J connectivity index is 0.000000791. The van der Waals surface area contributed by atoms with Gasteiger partial charge in [0.05, 0.1) is 0 Å². The van der Waals surface area contributed by atoms with Gasteiger partial charge in [0.2, 0.25) is 0 Å². The second-order valence-electron chi connectivity index (χ2n) is 2.93. The highest BCUT2D eigenvalue weighted by Crippen LogP contribution is 2.09. The van der Waals surface area contributed by atoms with E-state index in [2.05, 4.69) is 18.0 Å². The fourth-order valence-electron chi connectivity index (χ4n) is 1.22. The second kappa shape index (κ2) is 6.19. The third kappa shape index (κ3) is 3.21. The molecule has 0 saturated heterocycles. The average Bonchev–Trinajstić information content (AvgIpc) is 2.20.